The largest absolute Gasteiger partial charge is 0.496 e. The topological polar surface area (TPSA) is 101 Å². The molecular formula is C28H30N6O3. The number of hydrogen-bond donors (Lipinski definition) is 3. The van der Waals surface area contributed by atoms with Crippen molar-refractivity contribution in [1.29, 1.82) is 0 Å². The van der Waals surface area contributed by atoms with Gasteiger partial charge in [0.05, 0.1) is 19.9 Å². The second-order valence-corrected chi connectivity index (χ2v) is 8.48. The zero-order chi connectivity index (χ0) is 26.2. The van der Waals surface area contributed by atoms with E-state index < -0.39 is 0 Å². The van der Waals surface area contributed by atoms with Crippen LogP contribution >= 0.6 is 0 Å². The Labute approximate surface area is 216 Å². The van der Waals surface area contributed by atoms with E-state index in [1.807, 2.05) is 55.4 Å². The molecule has 0 aliphatic heterocycles. The molecule has 4 rings (SSSR count). The first-order valence-corrected chi connectivity index (χ1v) is 11.7. The highest BCUT2D eigenvalue weighted by molar-refractivity contribution is 5.99. The monoisotopic (exact) mass is 498 g/mol. The van der Waals surface area contributed by atoms with E-state index in [-0.39, 0.29) is 5.91 Å². The van der Waals surface area contributed by atoms with Gasteiger partial charge >= 0.3 is 0 Å². The first-order valence-electron chi connectivity index (χ1n) is 11.7. The van der Waals surface area contributed by atoms with Crippen molar-refractivity contribution >= 4 is 45.5 Å². The first-order chi connectivity index (χ1) is 17.9. The third-order valence-corrected chi connectivity index (χ3v) is 5.43. The van der Waals surface area contributed by atoms with Gasteiger partial charge in [-0.15, -0.1) is 0 Å². The predicted molar refractivity (Wildman–Crippen MR) is 148 cm³/mol. The maximum atomic E-state index is 12.3. The number of aromatic nitrogens is 2. The van der Waals surface area contributed by atoms with Crippen molar-refractivity contribution in [2.45, 2.75) is 0 Å². The van der Waals surface area contributed by atoms with Crippen LogP contribution in [0.1, 0.15) is 0 Å². The summed E-state index contributed by atoms with van der Waals surface area (Å²) in [5, 5.41) is 11.5. The minimum absolute atomic E-state index is 0.216. The van der Waals surface area contributed by atoms with Crippen LogP contribution in [0, 0.1) is 0 Å². The Morgan fingerprint density at radius 2 is 1.76 bits per heavy atom. The molecule has 0 unspecified atom stereocenters. The average molecular weight is 499 g/mol. The molecule has 0 aliphatic carbocycles. The molecule has 0 atom stereocenters. The van der Waals surface area contributed by atoms with E-state index in [4.69, 9.17) is 9.47 Å². The molecule has 0 spiro atoms. The number of nitrogens with one attached hydrogen (secondary N) is 3. The summed E-state index contributed by atoms with van der Waals surface area (Å²) in [5.74, 6) is 2.11. The van der Waals surface area contributed by atoms with E-state index >= 15 is 0 Å². The molecule has 37 heavy (non-hydrogen) atoms. The van der Waals surface area contributed by atoms with Crippen molar-refractivity contribution in [3.8, 4) is 11.5 Å². The Kier molecular flexibility index (Phi) is 8.17. The summed E-state index contributed by atoms with van der Waals surface area (Å²) in [5.41, 5.74) is 2.06. The van der Waals surface area contributed by atoms with Gasteiger partial charge in [0.1, 0.15) is 17.3 Å². The van der Waals surface area contributed by atoms with Crippen LogP contribution < -0.4 is 25.4 Å². The number of nitrogens with zero attached hydrogens (tertiary/aromatic N) is 3. The van der Waals surface area contributed by atoms with Crippen LogP contribution in [-0.2, 0) is 4.79 Å². The van der Waals surface area contributed by atoms with Crippen molar-refractivity contribution in [2.24, 2.45) is 0 Å². The van der Waals surface area contributed by atoms with E-state index in [2.05, 4.69) is 25.9 Å². The summed E-state index contributed by atoms with van der Waals surface area (Å²) in [7, 11) is 7.11. The van der Waals surface area contributed by atoms with Crippen LogP contribution in [0.15, 0.2) is 79.0 Å². The number of amides is 1. The van der Waals surface area contributed by atoms with Gasteiger partial charge in [0, 0.05) is 41.6 Å². The fourth-order valence-electron chi connectivity index (χ4n) is 3.71. The lowest BCUT2D eigenvalue weighted by Crippen LogP contribution is -2.13. The summed E-state index contributed by atoms with van der Waals surface area (Å²) in [6.45, 7) is 0.677. The number of carbonyl (C=O) groups excluding carboxylic acids is 1. The molecule has 0 saturated carbocycles. The molecule has 1 amide bonds. The average Bonchev–Trinajstić information content (AvgIpc) is 2.88. The van der Waals surface area contributed by atoms with Gasteiger partial charge in [0.25, 0.3) is 0 Å². The van der Waals surface area contributed by atoms with Crippen LogP contribution in [-0.4, -0.2) is 55.6 Å². The van der Waals surface area contributed by atoms with E-state index in [0.717, 1.165) is 22.2 Å². The summed E-state index contributed by atoms with van der Waals surface area (Å²) < 4.78 is 11.1. The highest BCUT2D eigenvalue weighted by Gasteiger charge is 2.10. The molecular weight excluding hydrogens is 468 g/mol. The van der Waals surface area contributed by atoms with Crippen LogP contribution in [0.3, 0.4) is 0 Å². The third-order valence-electron chi connectivity index (χ3n) is 5.43. The molecule has 0 fully saturated rings. The lowest BCUT2D eigenvalue weighted by molar-refractivity contribution is -0.111. The first kappa shape index (κ1) is 25.5. The van der Waals surface area contributed by atoms with Gasteiger partial charge in [0.15, 0.2) is 0 Å². The molecule has 3 aromatic carbocycles. The number of methoxy groups -OCH3 is 2. The lowest BCUT2D eigenvalue weighted by Gasteiger charge is -2.14. The van der Waals surface area contributed by atoms with E-state index in [9.17, 15) is 4.79 Å². The molecule has 0 aliphatic rings. The highest BCUT2D eigenvalue weighted by Crippen LogP contribution is 2.32. The number of carbonyl (C=O) groups is 1. The second-order valence-electron chi connectivity index (χ2n) is 8.48. The molecule has 0 radical (unpaired) electrons. The van der Waals surface area contributed by atoms with Gasteiger partial charge in [-0.3, -0.25) is 4.79 Å². The Bertz CT molecular complexity index is 1420. The molecule has 0 saturated heterocycles. The Hall–Kier alpha value is -4.63. The minimum Gasteiger partial charge on any atom is -0.496 e. The smallest absolute Gasteiger partial charge is 0.248 e. The normalized spacial score (nSPS) is 11.1. The van der Waals surface area contributed by atoms with Gasteiger partial charge in [-0.05, 0) is 49.8 Å². The molecule has 9 nitrogen and oxygen atoms in total. The SMILES string of the molecule is COc1ccc(NC(=O)/C=C/CN(C)C)cc1Nc1nccc(Nc2cc(OC)c3ccccc3c2)n1. The van der Waals surface area contributed by atoms with Crippen molar-refractivity contribution in [2.75, 3.05) is 50.8 Å². The number of rotatable bonds is 10. The zero-order valence-corrected chi connectivity index (χ0v) is 21.3. The third kappa shape index (κ3) is 6.74. The second kappa shape index (κ2) is 11.9. The van der Waals surface area contributed by atoms with Crippen LogP contribution in [0.2, 0.25) is 0 Å². The van der Waals surface area contributed by atoms with Crippen molar-refractivity contribution in [3.63, 3.8) is 0 Å². The zero-order valence-electron chi connectivity index (χ0n) is 21.3. The van der Waals surface area contributed by atoms with Gasteiger partial charge < -0.3 is 30.3 Å². The Morgan fingerprint density at radius 3 is 2.54 bits per heavy atom. The molecule has 3 N–H and O–H groups in total. The van der Waals surface area contributed by atoms with E-state index in [1.54, 1.807) is 50.8 Å². The molecule has 1 heterocycles. The van der Waals surface area contributed by atoms with Crippen LogP contribution in [0.5, 0.6) is 11.5 Å². The fourth-order valence-corrected chi connectivity index (χ4v) is 3.71. The molecule has 0 bridgehead atoms. The quantitative estimate of drug-likeness (QED) is 0.257. The number of fused-ring (bicyclic) bond motifs is 1. The van der Waals surface area contributed by atoms with Crippen LogP contribution in [0.4, 0.5) is 28.8 Å². The predicted octanol–water partition coefficient (Wildman–Crippen LogP) is 5.19. The standard InChI is InChI=1S/C28H30N6O3/c1-34(2)15-7-10-27(35)31-20-11-12-24(36-3)23(17-20)32-28-29-14-13-26(33-28)30-21-16-19-8-5-6-9-22(19)25(18-21)37-4/h5-14,16-18H,15H2,1-4H3,(H,31,35)(H2,29,30,32,33)/b10-7+. The maximum absolute atomic E-state index is 12.3. The number of hydrogen-bond acceptors (Lipinski definition) is 8. The van der Waals surface area contributed by atoms with Gasteiger partial charge in [-0.25, -0.2) is 4.98 Å². The van der Waals surface area contributed by atoms with Gasteiger partial charge in [0.2, 0.25) is 11.9 Å². The maximum Gasteiger partial charge on any atom is 0.248 e. The molecule has 190 valence electrons. The lowest BCUT2D eigenvalue weighted by atomic mass is 10.1. The number of likely N-dealkylation sites (N-methyl/N-ethyl adjacent to an activating group) is 1. The minimum atomic E-state index is -0.216. The summed E-state index contributed by atoms with van der Waals surface area (Å²) >= 11 is 0. The molecule has 4 aromatic rings. The number of anilines is 5. The Morgan fingerprint density at radius 1 is 0.946 bits per heavy atom. The van der Waals surface area contributed by atoms with E-state index in [0.29, 0.717) is 35.4 Å². The van der Waals surface area contributed by atoms with Crippen LogP contribution in [0.25, 0.3) is 10.8 Å². The highest BCUT2D eigenvalue weighted by atomic mass is 16.5. The van der Waals surface area contributed by atoms with Crippen molar-refractivity contribution in [1.82, 2.24) is 14.9 Å². The van der Waals surface area contributed by atoms with Crippen molar-refractivity contribution in [3.05, 3.63) is 79.0 Å². The van der Waals surface area contributed by atoms with Gasteiger partial charge in [-0.1, -0.05) is 30.3 Å². The molecule has 9 heteroatoms. The van der Waals surface area contributed by atoms with Crippen molar-refractivity contribution < 1.29 is 14.3 Å². The number of benzene rings is 3. The summed E-state index contributed by atoms with van der Waals surface area (Å²) in [6.07, 6.45) is 4.97. The summed E-state index contributed by atoms with van der Waals surface area (Å²) in [4.78, 5) is 23.2. The summed E-state index contributed by atoms with van der Waals surface area (Å²) in [6, 6.07) is 19.1. The van der Waals surface area contributed by atoms with Gasteiger partial charge in [-0.2, -0.15) is 4.98 Å². The van der Waals surface area contributed by atoms with E-state index in [1.165, 1.54) is 6.08 Å². The fraction of sp³-hybridized carbons (Fsp3) is 0.179. The molecule has 1 aromatic heterocycles. The Balaban J connectivity index is 1.52. The number of ether oxygens (including phenoxy) is 2.